The normalized spacial score (nSPS) is 12.1. The highest BCUT2D eigenvalue weighted by molar-refractivity contribution is 6.31. The fraction of sp³-hybridized carbons (Fsp3) is 0.136. The number of aryl methyl sites for hydroxylation is 1. The number of anilines is 1. The number of aromatic amines is 1. The van der Waals surface area contributed by atoms with E-state index < -0.39 is 0 Å². The van der Waals surface area contributed by atoms with Crippen LogP contribution in [0.4, 0.5) is 5.95 Å². The van der Waals surface area contributed by atoms with Gasteiger partial charge in [0, 0.05) is 40.8 Å². The second kappa shape index (κ2) is 7.93. The summed E-state index contributed by atoms with van der Waals surface area (Å²) in [5.41, 5.74) is 9.58. The Morgan fingerprint density at radius 2 is 1.93 bits per heavy atom. The minimum atomic E-state index is -0.251. The van der Waals surface area contributed by atoms with Gasteiger partial charge in [-0.1, -0.05) is 48.0 Å². The van der Waals surface area contributed by atoms with E-state index in [1.165, 1.54) is 6.20 Å². The molecule has 1 unspecified atom stereocenters. The highest BCUT2D eigenvalue weighted by Crippen LogP contribution is 2.34. The van der Waals surface area contributed by atoms with Crippen LogP contribution < -0.4 is 11.1 Å². The lowest BCUT2D eigenvalue weighted by Gasteiger charge is -2.19. The van der Waals surface area contributed by atoms with Crippen LogP contribution >= 0.6 is 11.6 Å². The Balaban J connectivity index is 1.68. The maximum atomic E-state index is 12.8. The number of nitrogen functional groups attached to an aromatic ring is 1. The van der Waals surface area contributed by atoms with E-state index in [0.29, 0.717) is 22.8 Å². The van der Waals surface area contributed by atoms with E-state index in [1.807, 2.05) is 48.7 Å². The summed E-state index contributed by atoms with van der Waals surface area (Å²) >= 11 is 6.51. The summed E-state index contributed by atoms with van der Waals surface area (Å²) in [6.07, 6.45) is 3.42. The van der Waals surface area contributed by atoms with Crippen LogP contribution in [0.3, 0.4) is 0 Å². The van der Waals surface area contributed by atoms with Crippen molar-refractivity contribution in [1.29, 1.82) is 0 Å². The highest BCUT2D eigenvalue weighted by atomic mass is 35.5. The second-order valence-corrected chi connectivity index (χ2v) is 7.21. The first-order valence-corrected chi connectivity index (χ1v) is 9.60. The SMILES string of the molecule is Cc1nc(N)ncc1C(=O)NCC(c1ccccc1Cl)c1c[nH]c2ccccc12. The first-order chi connectivity index (χ1) is 14.0. The lowest BCUT2D eigenvalue weighted by atomic mass is 9.90. The minimum Gasteiger partial charge on any atom is -0.368 e. The molecule has 0 aliphatic rings. The molecule has 0 aliphatic carbocycles. The lowest BCUT2D eigenvalue weighted by Crippen LogP contribution is -2.30. The van der Waals surface area contributed by atoms with Crippen molar-refractivity contribution in [1.82, 2.24) is 20.3 Å². The average molecular weight is 406 g/mol. The van der Waals surface area contributed by atoms with Crippen molar-refractivity contribution in [2.45, 2.75) is 12.8 Å². The molecule has 6 nitrogen and oxygen atoms in total. The number of benzene rings is 2. The number of nitrogens with zero attached hydrogens (tertiary/aromatic N) is 2. The Kier molecular flexibility index (Phi) is 5.18. The maximum Gasteiger partial charge on any atom is 0.254 e. The summed E-state index contributed by atoms with van der Waals surface area (Å²) in [5.74, 6) is -0.231. The molecule has 0 fully saturated rings. The largest absolute Gasteiger partial charge is 0.368 e. The molecule has 0 saturated carbocycles. The fourth-order valence-electron chi connectivity index (χ4n) is 3.53. The molecule has 2 aromatic carbocycles. The Bertz CT molecular complexity index is 1190. The van der Waals surface area contributed by atoms with Crippen molar-refractivity contribution in [3.63, 3.8) is 0 Å². The van der Waals surface area contributed by atoms with Crippen molar-refractivity contribution >= 4 is 34.4 Å². The third-order valence-corrected chi connectivity index (χ3v) is 5.33. The number of hydrogen-bond acceptors (Lipinski definition) is 4. The summed E-state index contributed by atoms with van der Waals surface area (Å²) in [6, 6.07) is 15.8. The topological polar surface area (TPSA) is 96.7 Å². The molecule has 29 heavy (non-hydrogen) atoms. The highest BCUT2D eigenvalue weighted by Gasteiger charge is 2.22. The number of hydrogen-bond donors (Lipinski definition) is 3. The molecule has 0 radical (unpaired) electrons. The van der Waals surface area contributed by atoms with Gasteiger partial charge in [-0.15, -0.1) is 0 Å². The molecule has 7 heteroatoms. The third-order valence-electron chi connectivity index (χ3n) is 4.99. The Morgan fingerprint density at radius 3 is 2.72 bits per heavy atom. The number of fused-ring (bicyclic) bond motifs is 1. The van der Waals surface area contributed by atoms with Crippen LogP contribution in [0.25, 0.3) is 10.9 Å². The summed E-state index contributed by atoms with van der Waals surface area (Å²) in [6.45, 7) is 2.10. The molecule has 146 valence electrons. The van der Waals surface area contributed by atoms with Crippen molar-refractivity contribution in [2.24, 2.45) is 0 Å². The van der Waals surface area contributed by atoms with Gasteiger partial charge in [-0.25, -0.2) is 9.97 Å². The second-order valence-electron chi connectivity index (χ2n) is 6.80. The number of carbonyl (C=O) groups is 1. The Hall–Kier alpha value is -3.38. The first kappa shape index (κ1) is 19.0. The maximum absolute atomic E-state index is 12.8. The number of aromatic nitrogens is 3. The molecule has 1 amide bonds. The smallest absolute Gasteiger partial charge is 0.254 e. The van der Waals surface area contributed by atoms with E-state index in [4.69, 9.17) is 17.3 Å². The Labute approximate surface area is 173 Å². The fourth-order valence-corrected chi connectivity index (χ4v) is 3.79. The average Bonchev–Trinajstić information content (AvgIpc) is 3.13. The van der Waals surface area contributed by atoms with Gasteiger partial charge in [-0.2, -0.15) is 0 Å². The van der Waals surface area contributed by atoms with E-state index in [0.717, 1.165) is 22.0 Å². The minimum absolute atomic E-state index is 0.126. The number of halogens is 1. The summed E-state index contributed by atoms with van der Waals surface area (Å²) in [7, 11) is 0. The first-order valence-electron chi connectivity index (χ1n) is 9.22. The van der Waals surface area contributed by atoms with Crippen molar-refractivity contribution in [2.75, 3.05) is 12.3 Å². The molecule has 2 heterocycles. The van der Waals surface area contributed by atoms with Gasteiger partial charge in [0.2, 0.25) is 5.95 Å². The van der Waals surface area contributed by atoms with Crippen LogP contribution in [-0.4, -0.2) is 27.4 Å². The van der Waals surface area contributed by atoms with Crippen LogP contribution in [0.5, 0.6) is 0 Å². The zero-order chi connectivity index (χ0) is 20.4. The van der Waals surface area contributed by atoms with Gasteiger partial charge in [-0.3, -0.25) is 4.79 Å². The number of para-hydroxylation sites is 1. The molecule has 0 aliphatic heterocycles. The number of carbonyl (C=O) groups excluding carboxylic acids is 1. The summed E-state index contributed by atoms with van der Waals surface area (Å²) < 4.78 is 0. The monoisotopic (exact) mass is 405 g/mol. The molecule has 4 N–H and O–H groups in total. The van der Waals surface area contributed by atoms with E-state index in [1.54, 1.807) is 6.92 Å². The van der Waals surface area contributed by atoms with Crippen molar-refractivity contribution in [3.05, 3.63) is 88.3 Å². The van der Waals surface area contributed by atoms with Gasteiger partial charge >= 0.3 is 0 Å². The van der Waals surface area contributed by atoms with E-state index >= 15 is 0 Å². The molecule has 0 saturated heterocycles. The van der Waals surface area contributed by atoms with Crippen LogP contribution in [0.1, 0.15) is 33.1 Å². The van der Waals surface area contributed by atoms with Crippen LogP contribution in [0.15, 0.2) is 60.9 Å². The van der Waals surface area contributed by atoms with Crippen LogP contribution in [-0.2, 0) is 0 Å². The molecule has 4 rings (SSSR count). The van der Waals surface area contributed by atoms with Gasteiger partial charge in [0.05, 0.1) is 11.3 Å². The lowest BCUT2D eigenvalue weighted by molar-refractivity contribution is 0.0951. The number of nitrogens with two attached hydrogens (primary N) is 1. The van der Waals surface area contributed by atoms with E-state index in [-0.39, 0.29) is 17.8 Å². The molecule has 4 aromatic rings. The van der Waals surface area contributed by atoms with Crippen molar-refractivity contribution < 1.29 is 4.79 Å². The van der Waals surface area contributed by atoms with Gasteiger partial charge in [0.25, 0.3) is 5.91 Å². The number of rotatable bonds is 5. The molecule has 0 bridgehead atoms. The molecular weight excluding hydrogens is 386 g/mol. The van der Waals surface area contributed by atoms with Gasteiger partial charge < -0.3 is 16.0 Å². The number of H-pyrrole nitrogens is 1. The predicted octanol–water partition coefficient (Wildman–Crippen LogP) is 4.06. The molecular formula is C22H20ClN5O. The van der Waals surface area contributed by atoms with Crippen LogP contribution in [0, 0.1) is 6.92 Å². The number of amides is 1. The molecule has 0 spiro atoms. The third kappa shape index (κ3) is 3.79. The number of nitrogens with one attached hydrogen (secondary N) is 2. The summed E-state index contributed by atoms with van der Waals surface area (Å²) in [5, 5.41) is 4.76. The van der Waals surface area contributed by atoms with Crippen molar-refractivity contribution in [3.8, 4) is 0 Å². The van der Waals surface area contributed by atoms with Gasteiger partial charge in [-0.05, 0) is 30.2 Å². The Morgan fingerprint density at radius 1 is 1.17 bits per heavy atom. The van der Waals surface area contributed by atoms with Crippen LogP contribution in [0.2, 0.25) is 5.02 Å². The quantitative estimate of drug-likeness (QED) is 0.466. The molecule has 2 aromatic heterocycles. The predicted molar refractivity (Wildman–Crippen MR) is 115 cm³/mol. The standard InChI is InChI=1S/C22H20ClN5O/c1-13-16(10-27-22(24)28-13)21(29)26-12-17(14-6-2-4-8-19(14)23)18-11-25-20-9-5-3-7-15(18)20/h2-11,17,25H,12H2,1H3,(H,26,29)(H2,24,27,28). The van der Waals surface area contributed by atoms with E-state index in [2.05, 4.69) is 26.3 Å². The zero-order valence-corrected chi connectivity index (χ0v) is 16.6. The summed E-state index contributed by atoms with van der Waals surface area (Å²) in [4.78, 5) is 24.1. The zero-order valence-electron chi connectivity index (χ0n) is 15.8. The van der Waals surface area contributed by atoms with Gasteiger partial charge in [0.15, 0.2) is 0 Å². The molecule has 1 atom stereocenters. The van der Waals surface area contributed by atoms with E-state index in [9.17, 15) is 4.79 Å². The van der Waals surface area contributed by atoms with Gasteiger partial charge in [0.1, 0.15) is 0 Å².